The van der Waals surface area contributed by atoms with Crippen LogP contribution in [0.5, 0.6) is 0 Å². The number of aryl methyl sites for hydroxylation is 3. The van der Waals surface area contributed by atoms with E-state index in [2.05, 4.69) is 15.0 Å². The van der Waals surface area contributed by atoms with Crippen LogP contribution >= 0.6 is 11.6 Å². The van der Waals surface area contributed by atoms with Crippen LogP contribution in [-0.2, 0) is 16.6 Å². The molecule has 0 aliphatic carbocycles. The summed E-state index contributed by atoms with van der Waals surface area (Å²) in [6.45, 7) is 5.26. The van der Waals surface area contributed by atoms with E-state index < -0.39 is 10.0 Å². The van der Waals surface area contributed by atoms with Crippen molar-refractivity contribution in [3.63, 3.8) is 0 Å². The molecule has 10 heteroatoms. The molecule has 4 rings (SSSR count). The maximum Gasteiger partial charge on any atom is 0.271 e. The second-order valence-electron chi connectivity index (χ2n) is 7.57. The average molecular weight is 485 g/mol. The van der Waals surface area contributed by atoms with Gasteiger partial charge in [0.15, 0.2) is 5.76 Å². The second kappa shape index (κ2) is 8.93. The summed E-state index contributed by atoms with van der Waals surface area (Å²) in [6.07, 6.45) is 0. The Balaban J connectivity index is 1.69. The molecule has 0 unspecified atom stereocenters. The molecule has 0 saturated carbocycles. The summed E-state index contributed by atoms with van der Waals surface area (Å²) in [6, 6.07) is 14.9. The van der Waals surface area contributed by atoms with Crippen molar-refractivity contribution in [3.05, 3.63) is 92.6 Å². The number of hydrogen-bond donors (Lipinski definition) is 1. The zero-order valence-electron chi connectivity index (χ0n) is 18.2. The van der Waals surface area contributed by atoms with Crippen molar-refractivity contribution in [1.82, 2.24) is 19.7 Å². The van der Waals surface area contributed by atoms with E-state index in [0.29, 0.717) is 39.0 Å². The Hall–Kier alpha value is -3.27. The first-order valence-corrected chi connectivity index (χ1v) is 11.9. The number of benzene rings is 2. The van der Waals surface area contributed by atoms with E-state index in [0.717, 1.165) is 5.56 Å². The van der Waals surface area contributed by atoms with Crippen molar-refractivity contribution in [2.24, 2.45) is 0 Å². The van der Waals surface area contributed by atoms with E-state index in [1.807, 2.05) is 0 Å². The van der Waals surface area contributed by atoms with E-state index in [1.54, 1.807) is 69.3 Å². The number of rotatable bonds is 6. The molecule has 0 aliphatic heterocycles. The molecule has 8 nitrogen and oxygen atoms in total. The van der Waals surface area contributed by atoms with Crippen molar-refractivity contribution < 1.29 is 12.9 Å². The fourth-order valence-electron chi connectivity index (χ4n) is 3.41. The highest BCUT2D eigenvalue weighted by molar-refractivity contribution is 7.89. The Labute approximate surface area is 195 Å². The molecule has 4 aromatic rings. The summed E-state index contributed by atoms with van der Waals surface area (Å²) in [5.41, 5.74) is 2.99. The first kappa shape index (κ1) is 22.9. The molecule has 0 saturated heterocycles. The van der Waals surface area contributed by atoms with Gasteiger partial charge in [-0.3, -0.25) is 4.79 Å². The Morgan fingerprint density at radius 3 is 2.42 bits per heavy atom. The quantitative estimate of drug-likeness (QED) is 0.444. The Kier molecular flexibility index (Phi) is 6.20. The van der Waals surface area contributed by atoms with Gasteiger partial charge in [0.25, 0.3) is 5.56 Å². The van der Waals surface area contributed by atoms with E-state index in [1.165, 1.54) is 10.7 Å². The lowest BCUT2D eigenvalue weighted by molar-refractivity contribution is 0.392. The lowest BCUT2D eigenvalue weighted by atomic mass is 10.1. The molecular weight excluding hydrogens is 464 g/mol. The summed E-state index contributed by atoms with van der Waals surface area (Å²) >= 11 is 5.89. The summed E-state index contributed by atoms with van der Waals surface area (Å²) in [7, 11) is -3.81. The highest BCUT2D eigenvalue weighted by atomic mass is 35.5. The molecule has 0 fully saturated rings. The van der Waals surface area contributed by atoms with Gasteiger partial charge in [-0.2, -0.15) is 9.78 Å². The zero-order chi connectivity index (χ0) is 23.8. The molecule has 2 aromatic carbocycles. The van der Waals surface area contributed by atoms with Gasteiger partial charge >= 0.3 is 0 Å². The monoisotopic (exact) mass is 484 g/mol. The van der Waals surface area contributed by atoms with Crippen molar-refractivity contribution in [2.75, 3.05) is 0 Å². The minimum absolute atomic E-state index is 0.123. The van der Waals surface area contributed by atoms with Gasteiger partial charge in [0.1, 0.15) is 11.4 Å². The minimum Gasteiger partial charge on any atom is -0.359 e. The van der Waals surface area contributed by atoms with Crippen LogP contribution in [0.3, 0.4) is 0 Å². The maximum atomic E-state index is 13.0. The number of nitrogens with one attached hydrogen (secondary N) is 1. The van der Waals surface area contributed by atoms with E-state index in [-0.39, 0.29) is 17.0 Å². The summed E-state index contributed by atoms with van der Waals surface area (Å²) in [4.78, 5) is 12.6. The first-order chi connectivity index (χ1) is 15.7. The molecule has 2 aromatic heterocycles. The fraction of sp³-hybridized carbons (Fsp3) is 0.174. The van der Waals surface area contributed by atoms with Crippen LogP contribution in [0.2, 0.25) is 5.02 Å². The van der Waals surface area contributed by atoms with E-state index in [4.69, 9.17) is 16.1 Å². The molecule has 0 aliphatic rings. The third-order valence-corrected chi connectivity index (χ3v) is 6.96. The van der Waals surface area contributed by atoms with Crippen LogP contribution in [0.1, 0.15) is 22.6 Å². The molecule has 0 amide bonds. The van der Waals surface area contributed by atoms with Crippen molar-refractivity contribution in [3.8, 4) is 16.9 Å². The van der Waals surface area contributed by atoms with Crippen LogP contribution in [0.4, 0.5) is 0 Å². The normalized spacial score (nSPS) is 11.6. The average Bonchev–Trinajstić information content (AvgIpc) is 3.12. The molecular formula is C23H21ClN4O4S. The van der Waals surface area contributed by atoms with Crippen LogP contribution in [0.25, 0.3) is 16.9 Å². The van der Waals surface area contributed by atoms with Gasteiger partial charge in [-0.25, -0.2) is 13.1 Å². The SMILES string of the molecule is Cc1ccc(-c2ccc(=O)n(-c3c(C)noc3C)n2)cc1S(=O)(=O)NCc1ccc(Cl)cc1. The third kappa shape index (κ3) is 4.75. The van der Waals surface area contributed by atoms with Gasteiger partial charge in [0.2, 0.25) is 10.0 Å². The van der Waals surface area contributed by atoms with E-state index >= 15 is 0 Å². The van der Waals surface area contributed by atoms with Crippen LogP contribution in [0, 0.1) is 20.8 Å². The number of aromatic nitrogens is 3. The summed E-state index contributed by atoms with van der Waals surface area (Å²) in [5.74, 6) is 0.456. The lowest BCUT2D eigenvalue weighted by Crippen LogP contribution is -2.24. The van der Waals surface area contributed by atoms with Gasteiger partial charge in [-0.1, -0.05) is 41.0 Å². The first-order valence-electron chi connectivity index (χ1n) is 10.0. The molecule has 0 bridgehead atoms. The topological polar surface area (TPSA) is 107 Å². The van der Waals surface area contributed by atoms with Crippen LogP contribution in [-0.4, -0.2) is 23.4 Å². The zero-order valence-corrected chi connectivity index (χ0v) is 19.7. The third-order valence-electron chi connectivity index (χ3n) is 5.16. The number of nitrogens with zero attached hydrogens (tertiary/aromatic N) is 3. The minimum atomic E-state index is -3.81. The van der Waals surface area contributed by atoms with Gasteiger partial charge in [0, 0.05) is 23.2 Å². The summed E-state index contributed by atoms with van der Waals surface area (Å²) in [5, 5.41) is 8.89. The number of hydrogen-bond acceptors (Lipinski definition) is 6. The molecule has 0 radical (unpaired) electrons. The number of sulfonamides is 1. The Bertz CT molecular complexity index is 1470. The highest BCUT2D eigenvalue weighted by Gasteiger charge is 2.19. The largest absolute Gasteiger partial charge is 0.359 e. The molecule has 170 valence electrons. The molecule has 0 atom stereocenters. The van der Waals surface area contributed by atoms with E-state index in [9.17, 15) is 13.2 Å². The molecule has 0 spiro atoms. The van der Waals surface area contributed by atoms with Crippen molar-refractivity contribution in [2.45, 2.75) is 32.2 Å². The van der Waals surface area contributed by atoms with Gasteiger partial charge < -0.3 is 4.52 Å². The molecule has 2 heterocycles. The van der Waals surface area contributed by atoms with Crippen LogP contribution < -0.4 is 10.3 Å². The lowest BCUT2D eigenvalue weighted by Gasteiger charge is -2.12. The number of halogens is 1. The smallest absolute Gasteiger partial charge is 0.271 e. The predicted molar refractivity (Wildman–Crippen MR) is 125 cm³/mol. The van der Waals surface area contributed by atoms with Gasteiger partial charge in [-0.05, 0) is 56.2 Å². The Morgan fingerprint density at radius 2 is 1.76 bits per heavy atom. The van der Waals surface area contributed by atoms with Crippen molar-refractivity contribution in [1.29, 1.82) is 0 Å². The maximum absolute atomic E-state index is 13.0. The molecule has 33 heavy (non-hydrogen) atoms. The summed E-state index contributed by atoms with van der Waals surface area (Å²) < 4.78 is 35.1. The van der Waals surface area contributed by atoms with Crippen LogP contribution in [0.15, 0.2) is 68.8 Å². The van der Waals surface area contributed by atoms with Gasteiger partial charge in [-0.15, -0.1) is 0 Å². The van der Waals surface area contributed by atoms with Crippen molar-refractivity contribution >= 4 is 21.6 Å². The highest BCUT2D eigenvalue weighted by Crippen LogP contribution is 2.24. The predicted octanol–water partition coefficient (Wildman–Crippen LogP) is 3.94. The standard InChI is InChI=1S/C23H21ClN4O4S/c1-14-4-7-18(12-21(14)33(30,31)25-13-17-5-8-19(24)9-6-17)20-10-11-22(29)28(26-20)23-15(2)27-32-16(23)3/h4-12,25H,13H2,1-3H3. The van der Waals surface area contributed by atoms with Gasteiger partial charge in [0.05, 0.1) is 10.6 Å². The Morgan fingerprint density at radius 1 is 1.03 bits per heavy atom. The molecule has 1 N–H and O–H groups in total. The fourth-order valence-corrected chi connectivity index (χ4v) is 4.83. The second-order valence-corrected chi connectivity index (χ2v) is 9.74.